The lowest BCUT2D eigenvalue weighted by atomic mass is 10.1. The second-order valence-corrected chi connectivity index (χ2v) is 10.8. The molecule has 2 aliphatic rings. The number of nitrogens with one attached hydrogen (secondary N) is 1. The summed E-state index contributed by atoms with van der Waals surface area (Å²) in [5.41, 5.74) is 3.21. The molecule has 0 aromatic heterocycles. The second kappa shape index (κ2) is 7.12. The first-order valence-electron chi connectivity index (χ1n) is 9.47. The quantitative estimate of drug-likeness (QED) is 0.805. The summed E-state index contributed by atoms with van der Waals surface area (Å²) >= 11 is 1.68. The maximum atomic E-state index is 13.0. The fourth-order valence-electron chi connectivity index (χ4n) is 3.41. The van der Waals surface area contributed by atoms with E-state index in [1.165, 1.54) is 0 Å². The van der Waals surface area contributed by atoms with Crippen molar-refractivity contribution >= 4 is 39.1 Å². The Hall–Kier alpha value is -1.99. The number of fused-ring (bicyclic) bond motifs is 1. The Kier molecular flexibility index (Phi) is 4.91. The highest BCUT2D eigenvalue weighted by atomic mass is 32.2. The molecule has 148 valence electrons. The zero-order chi connectivity index (χ0) is 20.1. The Balaban J connectivity index is 1.70. The molecule has 28 heavy (non-hydrogen) atoms. The highest BCUT2D eigenvalue weighted by Gasteiger charge is 2.37. The van der Waals surface area contributed by atoms with Crippen LogP contribution in [0.1, 0.15) is 30.9 Å². The summed E-state index contributed by atoms with van der Waals surface area (Å²) in [6.07, 6.45) is 1.86. The zero-order valence-corrected chi connectivity index (χ0v) is 17.9. The number of amides is 1. The summed E-state index contributed by atoms with van der Waals surface area (Å²) in [6.45, 7) is 6.55. The van der Waals surface area contributed by atoms with Crippen LogP contribution in [-0.2, 0) is 14.8 Å². The van der Waals surface area contributed by atoms with E-state index in [0.717, 1.165) is 28.9 Å². The molecule has 0 spiro atoms. The van der Waals surface area contributed by atoms with Crippen molar-refractivity contribution in [2.45, 2.75) is 48.7 Å². The van der Waals surface area contributed by atoms with Crippen LogP contribution in [-0.4, -0.2) is 26.1 Å². The van der Waals surface area contributed by atoms with E-state index >= 15 is 0 Å². The van der Waals surface area contributed by atoms with E-state index in [-0.39, 0.29) is 22.0 Å². The molecule has 1 fully saturated rings. The molecule has 1 N–H and O–H groups in total. The summed E-state index contributed by atoms with van der Waals surface area (Å²) in [7, 11) is -3.75. The van der Waals surface area contributed by atoms with E-state index in [0.29, 0.717) is 17.9 Å². The minimum Gasteiger partial charge on any atom is -0.310 e. The number of thioether (sulfide) groups is 1. The summed E-state index contributed by atoms with van der Waals surface area (Å²) < 4.78 is 28.7. The van der Waals surface area contributed by atoms with Crippen LogP contribution < -0.4 is 9.62 Å². The van der Waals surface area contributed by atoms with Gasteiger partial charge in [0.15, 0.2) is 0 Å². The highest BCUT2D eigenvalue weighted by Crippen LogP contribution is 2.42. The van der Waals surface area contributed by atoms with Gasteiger partial charge in [0, 0.05) is 22.6 Å². The molecule has 1 saturated carbocycles. The monoisotopic (exact) mass is 416 g/mol. The van der Waals surface area contributed by atoms with Crippen LogP contribution in [0.15, 0.2) is 46.2 Å². The first-order valence-corrected chi connectivity index (χ1v) is 11.8. The Morgan fingerprint density at radius 1 is 1.18 bits per heavy atom. The molecule has 4 rings (SSSR count). The number of carbonyl (C=O) groups is 1. The van der Waals surface area contributed by atoms with E-state index in [1.54, 1.807) is 34.9 Å². The number of rotatable bonds is 4. The number of hydrogen-bond acceptors (Lipinski definition) is 4. The molecule has 1 amide bonds. The van der Waals surface area contributed by atoms with Gasteiger partial charge < -0.3 is 4.90 Å². The number of sulfonamides is 1. The van der Waals surface area contributed by atoms with Crippen molar-refractivity contribution in [1.29, 1.82) is 0 Å². The molecule has 1 heterocycles. The van der Waals surface area contributed by atoms with Crippen molar-refractivity contribution < 1.29 is 13.2 Å². The van der Waals surface area contributed by atoms with Gasteiger partial charge in [0.1, 0.15) is 0 Å². The fourth-order valence-corrected chi connectivity index (χ4v) is 5.65. The van der Waals surface area contributed by atoms with Crippen LogP contribution in [0.3, 0.4) is 0 Å². The Labute approximate surface area is 170 Å². The highest BCUT2D eigenvalue weighted by molar-refractivity contribution is 8.00. The normalized spacial score (nSPS) is 19.2. The lowest BCUT2D eigenvalue weighted by molar-refractivity contribution is -0.119. The van der Waals surface area contributed by atoms with Gasteiger partial charge in [0.25, 0.3) is 10.0 Å². The second-order valence-electron chi connectivity index (χ2n) is 7.63. The number of aryl methyl sites for hydroxylation is 1. The number of benzene rings is 2. The third-order valence-electron chi connectivity index (χ3n) is 5.34. The minimum atomic E-state index is -3.75. The van der Waals surface area contributed by atoms with E-state index in [2.05, 4.69) is 11.6 Å². The van der Waals surface area contributed by atoms with Gasteiger partial charge in [0.05, 0.1) is 16.3 Å². The molecule has 2 aromatic carbocycles. The van der Waals surface area contributed by atoms with Gasteiger partial charge in [-0.25, -0.2) is 8.42 Å². The summed E-state index contributed by atoms with van der Waals surface area (Å²) in [5, 5.41) is 0.283. The van der Waals surface area contributed by atoms with Crippen LogP contribution in [0.5, 0.6) is 0 Å². The van der Waals surface area contributed by atoms with Crippen LogP contribution >= 0.6 is 11.8 Å². The molecule has 1 aliphatic carbocycles. The first kappa shape index (κ1) is 19.3. The minimum absolute atomic E-state index is 0.0940. The van der Waals surface area contributed by atoms with Gasteiger partial charge >= 0.3 is 0 Å². The lowest BCUT2D eigenvalue weighted by Gasteiger charge is -2.33. The molecule has 0 radical (unpaired) electrons. The van der Waals surface area contributed by atoms with Crippen molar-refractivity contribution in [2.75, 3.05) is 16.2 Å². The van der Waals surface area contributed by atoms with Crippen molar-refractivity contribution in [1.82, 2.24) is 0 Å². The third kappa shape index (κ3) is 3.65. The van der Waals surface area contributed by atoms with Crippen LogP contribution in [0.2, 0.25) is 0 Å². The van der Waals surface area contributed by atoms with E-state index in [4.69, 9.17) is 0 Å². The van der Waals surface area contributed by atoms with Crippen LogP contribution in [0.4, 0.5) is 11.4 Å². The molecule has 0 saturated heterocycles. The van der Waals surface area contributed by atoms with E-state index in [9.17, 15) is 13.2 Å². The number of anilines is 2. The fraction of sp³-hybridized carbons (Fsp3) is 0.381. The number of hydrogen-bond donors (Lipinski definition) is 1. The van der Waals surface area contributed by atoms with Crippen LogP contribution in [0.25, 0.3) is 0 Å². The van der Waals surface area contributed by atoms with Gasteiger partial charge in [-0.3, -0.25) is 9.52 Å². The molecule has 1 atom stereocenters. The summed E-state index contributed by atoms with van der Waals surface area (Å²) in [4.78, 5) is 15.7. The van der Waals surface area contributed by atoms with Crippen molar-refractivity contribution in [3.8, 4) is 0 Å². The summed E-state index contributed by atoms with van der Waals surface area (Å²) in [5.74, 6) is 0.210. The predicted molar refractivity (Wildman–Crippen MR) is 114 cm³/mol. The molecule has 1 unspecified atom stereocenters. The van der Waals surface area contributed by atoms with Crippen molar-refractivity contribution in [3.05, 3.63) is 47.5 Å². The molecule has 0 bridgehead atoms. The van der Waals surface area contributed by atoms with E-state index < -0.39 is 10.0 Å². The SMILES string of the molecule is Cc1cccc(NS(=O)(=O)c2ccc3c(c2)N(C(=O)C2CC2)CC(C)S3)c1C. The lowest BCUT2D eigenvalue weighted by Crippen LogP contribution is -2.39. The van der Waals surface area contributed by atoms with Crippen molar-refractivity contribution in [2.24, 2.45) is 5.92 Å². The molecular formula is C21H24N2O3S2. The average Bonchev–Trinajstić information content (AvgIpc) is 3.49. The Morgan fingerprint density at radius 2 is 1.93 bits per heavy atom. The molecule has 1 aliphatic heterocycles. The van der Waals surface area contributed by atoms with Gasteiger partial charge in [-0.1, -0.05) is 19.1 Å². The van der Waals surface area contributed by atoms with E-state index in [1.807, 2.05) is 32.0 Å². The van der Waals surface area contributed by atoms with Gasteiger partial charge in [0.2, 0.25) is 5.91 Å². The smallest absolute Gasteiger partial charge is 0.261 e. The average molecular weight is 417 g/mol. The van der Waals surface area contributed by atoms with Gasteiger partial charge in [-0.2, -0.15) is 0 Å². The van der Waals surface area contributed by atoms with Gasteiger partial charge in [-0.15, -0.1) is 11.8 Å². The molecule has 5 nitrogen and oxygen atoms in total. The Morgan fingerprint density at radius 3 is 2.64 bits per heavy atom. The van der Waals surface area contributed by atoms with Crippen molar-refractivity contribution in [3.63, 3.8) is 0 Å². The Bertz CT molecular complexity index is 1050. The zero-order valence-electron chi connectivity index (χ0n) is 16.2. The first-order chi connectivity index (χ1) is 13.3. The third-order valence-corrected chi connectivity index (χ3v) is 7.85. The number of carbonyl (C=O) groups excluding carboxylic acids is 1. The predicted octanol–water partition coefficient (Wildman–Crippen LogP) is 4.34. The largest absolute Gasteiger partial charge is 0.310 e. The maximum Gasteiger partial charge on any atom is 0.261 e. The maximum absolute atomic E-state index is 13.0. The molecule has 2 aromatic rings. The molecular weight excluding hydrogens is 392 g/mol. The van der Waals surface area contributed by atoms with Crippen LogP contribution in [0, 0.1) is 19.8 Å². The van der Waals surface area contributed by atoms with Gasteiger partial charge in [-0.05, 0) is 62.1 Å². The molecule has 7 heteroatoms. The topological polar surface area (TPSA) is 66.5 Å². The summed E-state index contributed by atoms with van der Waals surface area (Å²) in [6, 6.07) is 10.6. The standard InChI is InChI=1S/C21H24N2O3S2/c1-13-5-4-6-18(15(13)3)22-28(25,26)17-9-10-20-19(11-17)23(12-14(2)27-20)21(24)16-7-8-16/h4-6,9-11,14,16,22H,7-8,12H2,1-3H3. The number of nitrogens with zero attached hydrogens (tertiary/aromatic N) is 1.